The molecule has 1 fully saturated rings. The van der Waals surface area contributed by atoms with Gasteiger partial charge in [-0.15, -0.1) is 0 Å². The van der Waals surface area contributed by atoms with Crippen LogP contribution in [0.15, 0.2) is 24.3 Å². The summed E-state index contributed by atoms with van der Waals surface area (Å²) in [5.41, 5.74) is 4.41. The highest BCUT2D eigenvalue weighted by Crippen LogP contribution is 2.20. The fourth-order valence-corrected chi connectivity index (χ4v) is 2.96. The zero-order valence-electron chi connectivity index (χ0n) is 15.3. The van der Waals surface area contributed by atoms with Crippen LogP contribution in [-0.2, 0) is 4.74 Å². The third kappa shape index (κ3) is 5.14. The van der Waals surface area contributed by atoms with E-state index in [4.69, 9.17) is 4.74 Å². The summed E-state index contributed by atoms with van der Waals surface area (Å²) in [6.07, 6.45) is 0. The summed E-state index contributed by atoms with van der Waals surface area (Å²) in [7, 11) is 0. The molecule has 6 nitrogen and oxygen atoms in total. The zero-order valence-corrected chi connectivity index (χ0v) is 15.3. The molecule has 1 aliphatic rings. The molecular weight excluding hydrogens is 314 g/mol. The summed E-state index contributed by atoms with van der Waals surface area (Å²) in [6, 6.07) is 8.29. The van der Waals surface area contributed by atoms with E-state index in [1.54, 1.807) is 0 Å². The molecule has 1 aromatic heterocycles. The predicted octanol–water partition coefficient (Wildman–Crippen LogP) is 2.89. The maximum Gasteiger partial charge on any atom is 0.229 e. The molecule has 1 saturated heterocycles. The molecular formula is C19H27N5O. The summed E-state index contributed by atoms with van der Waals surface area (Å²) in [4.78, 5) is 11.5. The third-order valence-corrected chi connectivity index (χ3v) is 4.32. The minimum absolute atomic E-state index is 0.626. The lowest BCUT2D eigenvalue weighted by atomic mass is 10.1. The molecule has 2 heterocycles. The third-order valence-electron chi connectivity index (χ3n) is 4.32. The van der Waals surface area contributed by atoms with E-state index in [0.29, 0.717) is 5.95 Å². The highest BCUT2D eigenvalue weighted by atomic mass is 16.5. The Morgan fingerprint density at radius 1 is 1.08 bits per heavy atom. The second-order valence-corrected chi connectivity index (χ2v) is 6.54. The van der Waals surface area contributed by atoms with Crippen LogP contribution < -0.4 is 10.6 Å². The van der Waals surface area contributed by atoms with Crippen LogP contribution in [0, 0.1) is 20.8 Å². The number of morpholine rings is 1. The number of aryl methyl sites for hydroxylation is 3. The Morgan fingerprint density at radius 2 is 1.88 bits per heavy atom. The summed E-state index contributed by atoms with van der Waals surface area (Å²) < 4.78 is 5.38. The Kier molecular flexibility index (Phi) is 5.83. The van der Waals surface area contributed by atoms with Crippen molar-refractivity contribution in [3.63, 3.8) is 0 Å². The van der Waals surface area contributed by atoms with Crippen LogP contribution in [-0.4, -0.2) is 54.3 Å². The molecule has 0 aliphatic carbocycles. The van der Waals surface area contributed by atoms with Crippen molar-refractivity contribution in [1.82, 2.24) is 14.9 Å². The molecule has 25 heavy (non-hydrogen) atoms. The van der Waals surface area contributed by atoms with Gasteiger partial charge in [0.1, 0.15) is 5.82 Å². The number of ether oxygens (including phenoxy) is 1. The fourth-order valence-electron chi connectivity index (χ4n) is 2.96. The van der Waals surface area contributed by atoms with Crippen LogP contribution >= 0.6 is 0 Å². The van der Waals surface area contributed by atoms with Crippen molar-refractivity contribution < 1.29 is 4.74 Å². The number of aromatic nitrogens is 2. The first kappa shape index (κ1) is 17.6. The Labute approximate surface area is 149 Å². The van der Waals surface area contributed by atoms with E-state index in [-0.39, 0.29) is 0 Å². The molecule has 0 atom stereocenters. The maximum absolute atomic E-state index is 5.38. The standard InChI is InChI=1S/C19H27N5O/c1-14-4-5-17(15(2)12-14)22-19-21-16(3)13-18(23-19)20-6-7-24-8-10-25-11-9-24/h4-5,12-13H,6-11H2,1-3H3,(H2,20,21,22,23). The number of hydrogen-bond donors (Lipinski definition) is 2. The monoisotopic (exact) mass is 341 g/mol. The SMILES string of the molecule is Cc1ccc(Nc2nc(C)cc(NCCN3CCOCC3)n2)c(C)c1. The van der Waals surface area contributed by atoms with Crippen LogP contribution in [0.4, 0.5) is 17.5 Å². The molecule has 0 saturated carbocycles. The normalized spacial score (nSPS) is 15.2. The van der Waals surface area contributed by atoms with Gasteiger partial charge < -0.3 is 15.4 Å². The molecule has 0 radical (unpaired) electrons. The smallest absolute Gasteiger partial charge is 0.229 e. The minimum Gasteiger partial charge on any atom is -0.379 e. The van der Waals surface area contributed by atoms with Crippen molar-refractivity contribution in [2.24, 2.45) is 0 Å². The van der Waals surface area contributed by atoms with Gasteiger partial charge in [-0.25, -0.2) is 4.98 Å². The summed E-state index contributed by atoms with van der Waals surface area (Å²) in [5, 5.41) is 6.74. The molecule has 1 aliphatic heterocycles. The fraction of sp³-hybridized carbons (Fsp3) is 0.474. The lowest BCUT2D eigenvalue weighted by Crippen LogP contribution is -2.39. The van der Waals surface area contributed by atoms with Gasteiger partial charge in [0.15, 0.2) is 0 Å². The number of rotatable bonds is 6. The van der Waals surface area contributed by atoms with Gasteiger partial charge in [0.2, 0.25) is 5.95 Å². The molecule has 0 unspecified atom stereocenters. The van der Waals surface area contributed by atoms with E-state index >= 15 is 0 Å². The van der Waals surface area contributed by atoms with Gasteiger partial charge in [-0.3, -0.25) is 4.90 Å². The second kappa shape index (κ2) is 8.27. The van der Waals surface area contributed by atoms with Crippen molar-refractivity contribution in [2.45, 2.75) is 20.8 Å². The number of anilines is 3. The first-order chi connectivity index (χ1) is 12.1. The Balaban J connectivity index is 1.61. The van der Waals surface area contributed by atoms with Gasteiger partial charge in [-0.1, -0.05) is 17.7 Å². The van der Waals surface area contributed by atoms with Gasteiger partial charge in [-0.2, -0.15) is 4.98 Å². The molecule has 0 amide bonds. The average molecular weight is 341 g/mol. The van der Waals surface area contributed by atoms with Crippen molar-refractivity contribution in [3.05, 3.63) is 41.1 Å². The molecule has 2 aromatic rings. The van der Waals surface area contributed by atoms with E-state index in [0.717, 1.165) is 56.6 Å². The average Bonchev–Trinajstić information content (AvgIpc) is 2.58. The number of nitrogens with one attached hydrogen (secondary N) is 2. The van der Waals surface area contributed by atoms with Crippen LogP contribution in [0.5, 0.6) is 0 Å². The van der Waals surface area contributed by atoms with E-state index < -0.39 is 0 Å². The second-order valence-electron chi connectivity index (χ2n) is 6.54. The van der Waals surface area contributed by atoms with Gasteiger partial charge in [0.05, 0.1) is 13.2 Å². The van der Waals surface area contributed by atoms with Crippen molar-refractivity contribution >= 4 is 17.5 Å². The molecule has 6 heteroatoms. The molecule has 2 N–H and O–H groups in total. The minimum atomic E-state index is 0.626. The molecule has 134 valence electrons. The highest BCUT2D eigenvalue weighted by Gasteiger charge is 2.10. The number of benzene rings is 1. The summed E-state index contributed by atoms with van der Waals surface area (Å²) in [6.45, 7) is 11.7. The molecule has 3 rings (SSSR count). The van der Waals surface area contributed by atoms with Crippen LogP contribution in [0.25, 0.3) is 0 Å². The van der Waals surface area contributed by atoms with Crippen LogP contribution in [0.3, 0.4) is 0 Å². The van der Waals surface area contributed by atoms with Crippen molar-refractivity contribution in [1.29, 1.82) is 0 Å². The van der Waals surface area contributed by atoms with E-state index in [1.165, 1.54) is 11.1 Å². The maximum atomic E-state index is 5.38. The van der Waals surface area contributed by atoms with E-state index in [2.05, 4.69) is 57.5 Å². The lowest BCUT2D eigenvalue weighted by Gasteiger charge is -2.26. The van der Waals surface area contributed by atoms with Gasteiger partial charge >= 0.3 is 0 Å². The Hall–Kier alpha value is -2.18. The Morgan fingerprint density at radius 3 is 2.64 bits per heavy atom. The van der Waals surface area contributed by atoms with Crippen molar-refractivity contribution in [2.75, 3.05) is 50.0 Å². The van der Waals surface area contributed by atoms with Crippen LogP contribution in [0.1, 0.15) is 16.8 Å². The largest absolute Gasteiger partial charge is 0.379 e. The first-order valence-corrected chi connectivity index (χ1v) is 8.84. The Bertz CT molecular complexity index is 713. The van der Waals surface area contributed by atoms with Gasteiger partial charge in [0, 0.05) is 43.6 Å². The zero-order chi connectivity index (χ0) is 17.6. The quantitative estimate of drug-likeness (QED) is 0.842. The number of hydrogen-bond acceptors (Lipinski definition) is 6. The lowest BCUT2D eigenvalue weighted by molar-refractivity contribution is 0.0398. The highest BCUT2D eigenvalue weighted by molar-refractivity contribution is 5.60. The van der Waals surface area contributed by atoms with Gasteiger partial charge in [0.25, 0.3) is 0 Å². The van der Waals surface area contributed by atoms with E-state index in [9.17, 15) is 0 Å². The van der Waals surface area contributed by atoms with E-state index in [1.807, 2.05) is 13.0 Å². The molecule has 0 spiro atoms. The molecule has 0 bridgehead atoms. The first-order valence-electron chi connectivity index (χ1n) is 8.84. The van der Waals surface area contributed by atoms with Crippen molar-refractivity contribution in [3.8, 4) is 0 Å². The van der Waals surface area contributed by atoms with Gasteiger partial charge in [-0.05, 0) is 32.4 Å². The topological polar surface area (TPSA) is 62.3 Å². The summed E-state index contributed by atoms with van der Waals surface area (Å²) >= 11 is 0. The summed E-state index contributed by atoms with van der Waals surface area (Å²) in [5.74, 6) is 1.48. The van der Waals surface area contributed by atoms with Crippen LogP contribution in [0.2, 0.25) is 0 Å². The predicted molar refractivity (Wildman–Crippen MR) is 102 cm³/mol. The molecule has 1 aromatic carbocycles. The number of nitrogens with zero attached hydrogens (tertiary/aromatic N) is 3.